The van der Waals surface area contributed by atoms with Crippen LogP contribution in [-0.2, 0) is 6.54 Å². The predicted octanol–water partition coefficient (Wildman–Crippen LogP) is 3.25. The molecule has 1 aromatic carbocycles. The van der Waals surface area contributed by atoms with Crippen LogP contribution in [0.15, 0.2) is 30.7 Å². The third kappa shape index (κ3) is 5.54. The molecule has 2 aromatic heterocycles. The Bertz CT molecular complexity index is 1080. The summed E-state index contributed by atoms with van der Waals surface area (Å²) in [7, 11) is 0. The van der Waals surface area contributed by atoms with E-state index in [4.69, 9.17) is 11.6 Å². The maximum absolute atomic E-state index is 12.9. The fourth-order valence-corrected chi connectivity index (χ4v) is 3.31. The number of benzene rings is 1. The number of carbonyl (C=O) groups excluding carboxylic acids is 1. The van der Waals surface area contributed by atoms with Crippen molar-refractivity contribution in [1.82, 2.24) is 29.7 Å². The highest BCUT2D eigenvalue weighted by Crippen LogP contribution is 2.27. The molecule has 1 aliphatic heterocycles. The normalized spacial score (nSPS) is 14.4. The minimum absolute atomic E-state index is 0. The average Bonchev–Trinajstić information content (AvgIpc) is 3.13. The zero-order valence-corrected chi connectivity index (χ0v) is 17.6. The van der Waals surface area contributed by atoms with Crippen LogP contribution in [0, 0.1) is 0 Å². The predicted molar refractivity (Wildman–Crippen MR) is 112 cm³/mol. The number of aromatic nitrogens is 4. The van der Waals surface area contributed by atoms with Crippen molar-refractivity contribution in [2.45, 2.75) is 12.7 Å². The summed E-state index contributed by atoms with van der Waals surface area (Å²) in [5.74, 6) is 0.0565. The SMILES string of the molecule is Cl.O=C(c1nc(Nc2cn(CC(F)(F)F)cn2)c2cc(Cl)ccc2n1)N1CCNCC1. The van der Waals surface area contributed by atoms with Crippen molar-refractivity contribution < 1.29 is 18.0 Å². The summed E-state index contributed by atoms with van der Waals surface area (Å²) in [5.41, 5.74) is 0.477. The van der Waals surface area contributed by atoms with E-state index in [0.29, 0.717) is 42.1 Å². The lowest BCUT2D eigenvalue weighted by molar-refractivity contribution is -0.140. The van der Waals surface area contributed by atoms with Gasteiger partial charge in [-0.2, -0.15) is 13.2 Å². The van der Waals surface area contributed by atoms with E-state index in [2.05, 4.69) is 25.6 Å². The third-order valence-corrected chi connectivity index (χ3v) is 4.73. The maximum atomic E-state index is 12.9. The van der Waals surface area contributed by atoms with Crippen LogP contribution in [0.2, 0.25) is 5.02 Å². The Hall–Kier alpha value is -2.63. The number of carbonyl (C=O) groups is 1. The van der Waals surface area contributed by atoms with Gasteiger partial charge < -0.3 is 20.1 Å². The van der Waals surface area contributed by atoms with Crippen molar-refractivity contribution in [2.75, 3.05) is 31.5 Å². The zero-order chi connectivity index (χ0) is 21.3. The van der Waals surface area contributed by atoms with Crippen molar-refractivity contribution in [2.24, 2.45) is 0 Å². The third-order valence-electron chi connectivity index (χ3n) is 4.49. The fraction of sp³-hybridized carbons (Fsp3) is 0.333. The summed E-state index contributed by atoms with van der Waals surface area (Å²) >= 11 is 6.08. The molecule has 1 saturated heterocycles. The molecule has 13 heteroatoms. The van der Waals surface area contributed by atoms with Crippen molar-refractivity contribution in [1.29, 1.82) is 0 Å². The van der Waals surface area contributed by atoms with Crippen LogP contribution in [0.25, 0.3) is 10.9 Å². The molecule has 1 aliphatic rings. The highest BCUT2D eigenvalue weighted by atomic mass is 35.5. The first kappa shape index (κ1) is 23.0. The quantitative estimate of drug-likeness (QED) is 0.602. The molecular formula is C18H18Cl2F3N7O. The summed E-state index contributed by atoms with van der Waals surface area (Å²) in [5, 5.41) is 7.00. The van der Waals surface area contributed by atoms with Crippen LogP contribution in [0.3, 0.4) is 0 Å². The van der Waals surface area contributed by atoms with Gasteiger partial charge in [0.15, 0.2) is 0 Å². The van der Waals surface area contributed by atoms with Gasteiger partial charge in [0.2, 0.25) is 5.82 Å². The fourth-order valence-electron chi connectivity index (χ4n) is 3.14. The van der Waals surface area contributed by atoms with Crippen LogP contribution < -0.4 is 10.6 Å². The minimum atomic E-state index is -4.37. The Morgan fingerprint density at radius 1 is 1.23 bits per heavy atom. The monoisotopic (exact) mass is 475 g/mol. The van der Waals surface area contributed by atoms with Gasteiger partial charge in [-0.05, 0) is 18.2 Å². The van der Waals surface area contributed by atoms with Gasteiger partial charge in [0, 0.05) is 42.8 Å². The minimum Gasteiger partial charge on any atom is -0.333 e. The molecule has 0 atom stereocenters. The lowest BCUT2D eigenvalue weighted by Gasteiger charge is -2.26. The number of hydrogen-bond donors (Lipinski definition) is 2. The standard InChI is InChI=1S/C18H17ClF3N7O.ClH/c19-11-1-2-13-12(7-11)15(26-14-8-28(10-24-14)9-18(20,21)22)27-16(25-13)17(30)29-5-3-23-4-6-29;/h1-2,7-8,10,23H,3-6,9H2,(H,25,26,27);1H. The largest absolute Gasteiger partial charge is 0.406 e. The zero-order valence-electron chi connectivity index (χ0n) is 16.0. The number of alkyl halides is 3. The molecule has 0 spiro atoms. The molecule has 1 amide bonds. The van der Waals surface area contributed by atoms with Gasteiger partial charge in [-0.25, -0.2) is 15.0 Å². The smallest absolute Gasteiger partial charge is 0.333 e. The van der Waals surface area contributed by atoms with Crippen LogP contribution in [0.5, 0.6) is 0 Å². The number of piperazine rings is 1. The summed E-state index contributed by atoms with van der Waals surface area (Å²) in [6.07, 6.45) is -2.08. The van der Waals surface area contributed by atoms with Crippen molar-refractivity contribution in [3.63, 3.8) is 0 Å². The summed E-state index contributed by atoms with van der Waals surface area (Å²) in [6.45, 7) is 1.26. The Morgan fingerprint density at radius 3 is 2.68 bits per heavy atom. The lowest BCUT2D eigenvalue weighted by atomic mass is 10.2. The molecule has 1 fully saturated rings. The van der Waals surface area contributed by atoms with Crippen LogP contribution >= 0.6 is 24.0 Å². The van der Waals surface area contributed by atoms with Gasteiger partial charge in [-0.1, -0.05) is 11.6 Å². The summed E-state index contributed by atoms with van der Waals surface area (Å²) in [6, 6.07) is 4.91. The van der Waals surface area contributed by atoms with Gasteiger partial charge in [0.1, 0.15) is 18.2 Å². The van der Waals surface area contributed by atoms with Crippen molar-refractivity contribution in [3.05, 3.63) is 41.6 Å². The Morgan fingerprint density at radius 2 is 1.97 bits per heavy atom. The van der Waals surface area contributed by atoms with E-state index in [1.54, 1.807) is 23.1 Å². The molecule has 0 bridgehead atoms. The first-order valence-corrected chi connectivity index (χ1v) is 9.49. The number of amides is 1. The number of imidazole rings is 1. The van der Waals surface area contributed by atoms with Crippen molar-refractivity contribution >= 4 is 52.5 Å². The summed E-state index contributed by atoms with van der Waals surface area (Å²) in [4.78, 5) is 27.1. The highest BCUT2D eigenvalue weighted by Gasteiger charge is 2.28. The van der Waals surface area contributed by atoms with Crippen molar-refractivity contribution in [3.8, 4) is 0 Å². The number of halogens is 5. The number of fused-ring (bicyclic) bond motifs is 1. The highest BCUT2D eigenvalue weighted by molar-refractivity contribution is 6.31. The molecule has 0 saturated carbocycles. The molecule has 3 heterocycles. The molecule has 2 N–H and O–H groups in total. The molecule has 3 aromatic rings. The van der Waals surface area contributed by atoms with Crippen LogP contribution in [0.1, 0.15) is 10.6 Å². The molecular weight excluding hydrogens is 458 g/mol. The van der Waals surface area contributed by atoms with E-state index in [9.17, 15) is 18.0 Å². The number of nitrogens with zero attached hydrogens (tertiary/aromatic N) is 5. The van der Waals surface area contributed by atoms with Gasteiger partial charge in [-0.15, -0.1) is 12.4 Å². The second-order valence-corrected chi connectivity index (χ2v) is 7.21. The van der Waals surface area contributed by atoms with E-state index in [-0.39, 0.29) is 35.8 Å². The van der Waals surface area contributed by atoms with Gasteiger partial charge >= 0.3 is 6.18 Å². The first-order chi connectivity index (χ1) is 14.3. The van der Waals surface area contributed by atoms with Gasteiger partial charge in [0.25, 0.3) is 5.91 Å². The van der Waals surface area contributed by atoms with E-state index in [1.165, 1.54) is 6.20 Å². The Labute approximate surface area is 186 Å². The Balaban J connectivity index is 0.00000272. The van der Waals surface area contributed by atoms with E-state index >= 15 is 0 Å². The van der Waals surface area contributed by atoms with Crippen LogP contribution in [-0.4, -0.2) is 62.7 Å². The average molecular weight is 476 g/mol. The molecule has 8 nitrogen and oxygen atoms in total. The lowest BCUT2D eigenvalue weighted by Crippen LogP contribution is -2.46. The number of rotatable bonds is 4. The number of hydrogen-bond acceptors (Lipinski definition) is 6. The summed E-state index contributed by atoms with van der Waals surface area (Å²) < 4.78 is 38.7. The molecule has 0 radical (unpaired) electrons. The molecule has 0 aliphatic carbocycles. The Kier molecular flexibility index (Phi) is 6.87. The van der Waals surface area contributed by atoms with Gasteiger partial charge in [0.05, 0.1) is 11.8 Å². The van der Waals surface area contributed by atoms with E-state index in [0.717, 1.165) is 10.9 Å². The topological polar surface area (TPSA) is 88.0 Å². The van der Waals surface area contributed by atoms with Gasteiger partial charge in [-0.3, -0.25) is 4.79 Å². The maximum Gasteiger partial charge on any atom is 0.406 e. The second kappa shape index (κ2) is 9.25. The molecule has 0 unspecified atom stereocenters. The molecule has 4 rings (SSSR count). The second-order valence-electron chi connectivity index (χ2n) is 6.77. The van der Waals surface area contributed by atoms with Crippen LogP contribution in [0.4, 0.5) is 24.8 Å². The first-order valence-electron chi connectivity index (χ1n) is 9.11. The molecule has 31 heavy (non-hydrogen) atoms. The van der Waals surface area contributed by atoms with E-state index in [1.807, 2.05) is 0 Å². The number of anilines is 2. The number of nitrogens with one attached hydrogen (secondary N) is 2. The molecule has 166 valence electrons. The van der Waals surface area contributed by atoms with E-state index < -0.39 is 12.7 Å².